The van der Waals surface area contributed by atoms with Crippen LogP contribution in [0, 0.1) is 0 Å². The lowest BCUT2D eigenvalue weighted by Gasteiger charge is -1.98. The van der Waals surface area contributed by atoms with Crippen LogP contribution in [0.25, 0.3) is 0 Å². The van der Waals surface area contributed by atoms with Gasteiger partial charge in [0, 0.05) is 17.6 Å². The molecule has 0 fully saturated rings. The van der Waals surface area contributed by atoms with Crippen molar-refractivity contribution >= 4 is 33.8 Å². The summed E-state index contributed by atoms with van der Waals surface area (Å²) in [6.07, 6.45) is 36.0. The van der Waals surface area contributed by atoms with Crippen LogP contribution >= 0.6 is 23.5 Å². The third kappa shape index (κ3) is 37.7. The van der Waals surface area contributed by atoms with E-state index in [1.807, 2.05) is 6.08 Å². The third-order valence-corrected chi connectivity index (χ3v) is 8.29. The van der Waals surface area contributed by atoms with Gasteiger partial charge in [0.25, 0.3) is 0 Å². The number of rotatable bonds is 26. The molecule has 0 saturated heterocycles. The Morgan fingerprint density at radius 3 is 1.32 bits per heavy atom. The van der Waals surface area contributed by atoms with E-state index in [2.05, 4.69) is 39.8 Å². The van der Waals surface area contributed by atoms with Gasteiger partial charge in [-0.1, -0.05) is 154 Å². The highest BCUT2D eigenvalue weighted by Crippen LogP contribution is 2.12. The van der Waals surface area contributed by atoms with Gasteiger partial charge in [0.05, 0.1) is 0 Å². The first kappa shape index (κ1) is 39.7. The van der Waals surface area contributed by atoms with E-state index in [4.69, 9.17) is 0 Å². The van der Waals surface area contributed by atoms with E-state index in [-0.39, 0.29) is 5.12 Å². The van der Waals surface area contributed by atoms with Gasteiger partial charge in [-0.15, -0.1) is 0 Å². The number of carbonyl (C=O) groups is 1. The van der Waals surface area contributed by atoms with Gasteiger partial charge in [-0.3, -0.25) is 9.59 Å². The van der Waals surface area contributed by atoms with E-state index in [9.17, 15) is 9.59 Å². The van der Waals surface area contributed by atoms with E-state index < -0.39 is 0 Å². The van der Waals surface area contributed by atoms with E-state index in [1.165, 1.54) is 140 Å². The summed E-state index contributed by atoms with van der Waals surface area (Å²) in [6.45, 7) is 8.94. The Morgan fingerprint density at radius 1 is 0.500 bits per heavy atom. The van der Waals surface area contributed by atoms with Crippen LogP contribution in [0.1, 0.15) is 169 Å². The summed E-state index contributed by atoms with van der Waals surface area (Å²) in [5.41, 5.74) is 0. The molecular weight excluding hydrogens is 505 g/mol. The van der Waals surface area contributed by atoms with E-state index in [0.717, 1.165) is 24.3 Å². The van der Waals surface area contributed by atoms with Crippen LogP contribution in [0.15, 0.2) is 24.3 Å². The Hall–Kier alpha value is -0.480. The summed E-state index contributed by atoms with van der Waals surface area (Å²) in [4.78, 5) is 21.2. The lowest BCUT2D eigenvalue weighted by atomic mass is 10.1. The number of thioether (sulfide) groups is 2. The molecule has 0 spiro atoms. The van der Waals surface area contributed by atoms with E-state index in [1.54, 1.807) is 17.8 Å². The van der Waals surface area contributed by atoms with Crippen molar-refractivity contribution in [3.8, 4) is 0 Å². The van der Waals surface area contributed by atoms with Crippen LogP contribution in [0.3, 0.4) is 0 Å². The second-order valence-electron chi connectivity index (χ2n) is 10.4. The van der Waals surface area contributed by atoms with Crippen molar-refractivity contribution in [2.24, 2.45) is 0 Å². The zero-order chi connectivity index (χ0) is 28.4. The lowest BCUT2D eigenvalue weighted by molar-refractivity contribution is -0.107. The fourth-order valence-electron chi connectivity index (χ4n) is 3.95. The predicted octanol–water partition coefficient (Wildman–Crippen LogP) is 12.2. The molecule has 0 atom stereocenters. The molecule has 4 heteroatoms. The molecule has 0 unspecified atom stereocenters. The van der Waals surface area contributed by atoms with Gasteiger partial charge < -0.3 is 0 Å². The standard InChI is InChI=1S/2C17H32OS/c2*1-3-5-7-9-10-11-13-15-17(18)19-16-14-12-8-6-4-2/h2*13,15H,3-12,14,16H2,1-2H3/p+1/b2*15-13+. The summed E-state index contributed by atoms with van der Waals surface area (Å²) in [5, 5.41) is 0.730. The van der Waals surface area contributed by atoms with Crippen LogP contribution < -0.4 is 0 Å². The van der Waals surface area contributed by atoms with E-state index in [0.29, 0.717) is 5.12 Å². The second kappa shape index (κ2) is 36.5. The Kier molecular flexibility index (Phi) is 38.1. The zero-order valence-electron chi connectivity index (χ0n) is 26.0. The largest absolute Gasteiger partial charge is 0.374 e. The summed E-state index contributed by atoms with van der Waals surface area (Å²) < 4.78 is 0. The molecule has 38 heavy (non-hydrogen) atoms. The summed E-state index contributed by atoms with van der Waals surface area (Å²) >= 11 is 3.07. The Labute approximate surface area is 247 Å². The highest BCUT2D eigenvalue weighted by atomic mass is 32.2. The Balaban J connectivity index is 0. The normalized spacial score (nSPS) is 11.3. The molecule has 0 aromatic carbocycles. The van der Waals surface area contributed by atoms with E-state index >= 15 is 0 Å². The molecule has 0 amide bonds. The lowest BCUT2D eigenvalue weighted by Crippen LogP contribution is -1.89. The topological polar surface area (TPSA) is 38.5 Å². The molecule has 2 nitrogen and oxygen atoms in total. The number of allylic oxidation sites excluding steroid dienone is 2. The number of carbonyl (C=O) groups excluding carboxylic acids is 2. The van der Waals surface area contributed by atoms with Gasteiger partial charge >= 0.3 is 5.12 Å². The van der Waals surface area contributed by atoms with Gasteiger partial charge in [0.1, 0.15) is 0 Å². The first-order valence-electron chi connectivity index (χ1n) is 16.3. The predicted molar refractivity (Wildman–Crippen MR) is 179 cm³/mol. The molecule has 0 aromatic rings. The molecule has 0 saturated carbocycles. The smallest absolute Gasteiger partial charge is 0.282 e. The van der Waals surface area contributed by atoms with Gasteiger partial charge in [-0.05, 0) is 56.4 Å². The number of unbranched alkanes of at least 4 members (excludes halogenated alkanes) is 18. The minimum absolute atomic E-state index is 0.240. The van der Waals surface area contributed by atoms with Crippen LogP contribution in [-0.4, -0.2) is 26.5 Å². The van der Waals surface area contributed by atoms with Gasteiger partial charge in [0.2, 0.25) is 5.12 Å². The maximum absolute atomic E-state index is 11.5. The van der Waals surface area contributed by atoms with Crippen molar-refractivity contribution in [3.05, 3.63) is 24.3 Å². The highest BCUT2D eigenvalue weighted by Gasteiger charge is 2.03. The highest BCUT2D eigenvalue weighted by molar-refractivity contribution is 8.14. The van der Waals surface area contributed by atoms with Crippen molar-refractivity contribution in [1.82, 2.24) is 0 Å². The van der Waals surface area contributed by atoms with Crippen molar-refractivity contribution in [2.45, 2.75) is 169 Å². The average Bonchev–Trinajstić information content (AvgIpc) is 2.92. The van der Waals surface area contributed by atoms with Gasteiger partial charge in [-0.2, -0.15) is 0 Å². The maximum atomic E-state index is 11.5. The molecule has 0 aromatic heterocycles. The molecular formula is C34H65O2S2+. The molecule has 0 aliphatic rings. The Morgan fingerprint density at radius 2 is 0.868 bits per heavy atom. The first-order chi connectivity index (χ1) is 18.6. The molecule has 0 bridgehead atoms. The summed E-state index contributed by atoms with van der Waals surface area (Å²) in [5.74, 6) is 2.04. The van der Waals surface area contributed by atoms with Gasteiger partial charge in [0.15, 0.2) is 0 Å². The monoisotopic (exact) mass is 569 g/mol. The summed E-state index contributed by atoms with van der Waals surface area (Å²) in [6, 6.07) is 0. The minimum Gasteiger partial charge on any atom is -0.282 e. The van der Waals surface area contributed by atoms with Gasteiger partial charge in [-0.25, -0.2) is 0 Å². The molecule has 0 rings (SSSR count). The third-order valence-electron chi connectivity index (χ3n) is 6.45. The van der Waals surface area contributed by atoms with Crippen LogP contribution in [0.2, 0.25) is 0 Å². The van der Waals surface area contributed by atoms with Crippen molar-refractivity contribution in [2.75, 3.05) is 11.5 Å². The molecule has 0 radical (unpaired) electrons. The fourth-order valence-corrected chi connectivity index (χ4v) is 5.44. The molecule has 0 aliphatic heterocycles. The quantitative estimate of drug-likeness (QED) is 0.0590. The molecule has 0 aliphatic carbocycles. The number of hydrogen-bond acceptors (Lipinski definition) is 3. The second-order valence-corrected chi connectivity index (χ2v) is 12.6. The average molecular weight is 570 g/mol. The zero-order valence-corrected chi connectivity index (χ0v) is 27.6. The van der Waals surface area contributed by atoms with Crippen LogP contribution in [-0.2, 0) is 4.79 Å². The Bertz CT molecular complexity index is 495. The molecule has 0 heterocycles. The maximum Gasteiger partial charge on any atom is 0.374 e. The molecule has 1 N–H and O–H groups in total. The fraction of sp³-hybridized carbons (Fsp3) is 0.824. The number of hydrogen-bond donors (Lipinski definition) is 0. The van der Waals surface area contributed by atoms with Crippen LogP contribution in [0.5, 0.6) is 0 Å². The van der Waals surface area contributed by atoms with Crippen molar-refractivity contribution < 1.29 is 9.59 Å². The van der Waals surface area contributed by atoms with Crippen molar-refractivity contribution in [1.29, 1.82) is 0 Å². The first-order valence-corrected chi connectivity index (χ1v) is 18.3. The van der Waals surface area contributed by atoms with Crippen LogP contribution in [0.4, 0.5) is 0 Å². The van der Waals surface area contributed by atoms with Crippen molar-refractivity contribution in [3.63, 3.8) is 0 Å². The minimum atomic E-state index is 0.240. The molecule has 224 valence electrons. The SMILES string of the molecule is CCCCCCC/C=C/C(=O)SCCCCCCC.CCCCCCC/C=C/C(=[OH+])SCCCCCCC. The summed E-state index contributed by atoms with van der Waals surface area (Å²) in [7, 11) is 0.